The summed E-state index contributed by atoms with van der Waals surface area (Å²) in [6.45, 7) is 1.10. The molecule has 1 atom stereocenters. The van der Waals surface area contributed by atoms with Crippen molar-refractivity contribution in [1.82, 2.24) is 4.90 Å². The van der Waals surface area contributed by atoms with Crippen molar-refractivity contribution in [3.8, 4) is 0 Å². The standard InChI is InChI=1S/C10H13NO/c1-3-7-11(8-4-1)10-6-2-5-9-12-10/h2-3,5-7,9-10H,1,4,8H2. The minimum atomic E-state index is 0.117. The molecule has 2 heteroatoms. The van der Waals surface area contributed by atoms with Gasteiger partial charge in [0.15, 0.2) is 6.23 Å². The highest BCUT2D eigenvalue weighted by atomic mass is 16.5. The molecule has 2 nitrogen and oxygen atoms in total. The normalized spacial score (nSPS) is 27.3. The molecule has 2 heterocycles. The lowest BCUT2D eigenvalue weighted by Gasteiger charge is -2.30. The van der Waals surface area contributed by atoms with E-state index >= 15 is 0 Å². The van der Waals surface area contributed by atoms with Crippen molar-refractivity contribution in [1.29, 1.82) is 0 Å². The molecule has 0 amide bonds. The summed E-state index contributed by atoms with van der Waals surface area (Å²) >= 11 is 0. The van der Waals surface area contributed by atoms with Gasteiger partial charge in [0.05, 0.1) is 6.26 Å². The van der Waals surface area contributed by atoms with Gasteiger partial charge in [-0.1, -0.05) is 12.2 Å². The third-order valence-corrected chi connectivity index (χ3v) is 2.09. The highest BCUT2D eigenvalue weighted by Gasteiger charge is 2.14. The van der Waals surface area contributed by atoms with E-state index in [1.54, 1.807) is 6.26 Å². The lowest BCUT2D eigenvalue weighted by atomic mass is 10.2. The van der Waals surface area contributed by atoms with E-state index in [0.29, 0.717) is 0 Å². The molecule has 0 aliphatic carbocycles. The summed E-state index contributed by atoms with van der Waals surface area (Å²) < 4.78 is 5.42. The van der Waals surface area contributed by atoms with Crippen LogP contribution in [0.4, 0.5) is 0 Å². The van der Waals surface area contributed by atoms with E-state index in [4.69, 9.17) is 4.74 Å². The molecule has 2 aliphatic heterocycles. The Morgan fingerprint density at radius 1 is 1.33 bits per heavy atom. The van der Waals surface area contributed by atoms with Crippen LogP contribution in [0.15, 0.2) is 36.8 Å². The Labute approximate surface area is 72.8 Å². The number of ether oxygens (including phenoxy) is 1. The fourth-order valence-corrected chi connectivity index (χ4v) is 1.45. The summed E-state index contributed by atoms with van der Waals surface area (Å²) in [7, 11) is 0. The maximum Gasteiger partial charge on any atom is 0.190 e. The second-order valence-electron chi connectivity index (χ2n) is 3.00. The van der Waals surface area contributed by atoms with E-state index in [-0.39, 0.29) is 6.23 Å². The van der Waals surface area contributed by atoms with Crippen molar-refractivity contribution in [2.45, 2.75) is 19.1 Å². The summed E-state index contributed by atoms with van der Waals surface area (Å²) in [4.78, 5) is 2.21. The quantitative estimate of drug-likeness (QED) is 0.586. The summed E-state index contributed by atoms with van der Waals surface area (Å²) in [5, 5.41) is 0. The lowest BCUT2D eigenvalue weighted by Crippen LogP contribution is -2.33. The third kappa shape index (κ3) is 1.52. The van der Waals surface area contributed by atoms with E-state index in [1.165, 1.54) is 12.8 Å². The van der Waals surface area contributed by atoms with Gasteiger partial charge >= 0.3 is 0 Å². The summed E-state index contributed by atoms with van der Waals surface area (Å²) in [6.07, 6.45) is 14.6. The van der Waals surface area contributed by atoms with Crippen LogP contribution in [0.5, 0.6) is 0 Å². The molecular weight excluding hydrogens is 150 g/mol. The van der Waals surface area contributed by atoms with Gasteiger partial charge in [-0.25, -0.2) is 0 Å². The first-order valence-electron chi connectivity index (χ1n) is 4.38. The Bertz CT molecular complexity index is 230. The van der Waals surface area contributed by atoms with Crippen molar-refractivity contribution in [3.05, 3.63) is 36.8 Å². The summed E-state index contributed by atoms with van der Waals surface area (Å²) in [5.74, 6) is 0. The van der Waals surface area contributed by atoms with E-state index in [0.717, 1.165) is 6.54 Å². The van der Waals surface area contributed by atoms with Gasteiger partial charge in [0.1, 0.15) is 0 Å². The molecule has 0 bridgehead atoms. The van der Waals surface area contributed by atoms with Gasteiger partial charge in [0.2, 0.25) is 0 Å². The topological polar surface area (TPSA) is 12.5 Å². The molecular formula is C10H13NO. The van der Waals surface area contributed by atoms with Crippen LogP contribution in [-0.2, 0) is 4.74 Å². The second kappa shape index (κ2) is 3.48. The third-order valence-electron chi connectivity index (χ3n) is 2.09. The van der Waals surface area contributed by atoms with Crippen molar-refractivity contribution in [3.63, 3.8) is 0 Å². The van der Waals surface area contributed by atoms with Crippen molar-refractivity contribution >= 4 is 0 Å². The molecule has 12 heavy (non-hydrogen) atoms. The van der Waals surface area contributed by atoms with Crippen LogP contribution in [0.25, 0.3) is 0 Å². The number of nitrogens with zero attached hydrogens (tertiary/aromatic N) is 1. The predicted octanol–water partition coefficient (Wildman–Crippen LogP) is 2.02. The zero-order valence-corrected chi connectivity index (χ0v) is 7.02. The van der Waals surface area contributed by atoms with E-state index in [1.807, 2.05) is 12.2 Å². The molecule has 2 rings (SSSR count). The minimum absolute atomic E-state index is 0.117. The summed E-state index contributed by atoms with van der Waals surface area (Å²) in [5.41, 5.74) is 0. The first-order chi connectivity index (χ1) is 5.97. The van der Waals surface area contributed by atoms with Crippen LogP contribution >= 0.6 is 0 Å². The highest BCUT2D eigenvalue weighted by Crippen LogP contribution is 2.14. The Morgan fingerprint density at radius 3 is 3.00 bits per heavy atom. The van der Waals surface area contributed by atoms with Gasteiger partial charge in [0.25, 0.3) is 0 Å². The maximum absolute atomic E-state index is 5.42. The van der Waals surface area contributed by atoms with Crippen LogP contribution in [-0.4, -0.2) is 17.7 Å². The first kappa shape index (κ1) is 7.47. The Morgan fingerprint density at radius 2 is 2.33 bits per heavy atom. The summed E-state index contributed by atoms with van der Waals surface area (Å²) in [6, 6.07) is 0. The average Bonchev–Trinajstić information content (AvgIpc) is 2.21. The largest absolute Gasteiger partial charge is 0.475 e. The SMILES string of the molecule is C1=COC(N2C=CCCC2)C=C1. The van der Waals surface area contributed by atoms with Gasteiger partial charge in [-0.05, 0) is 31.2 Å². The van der Waals surface area contributed by atoms with E-state index in [2.05, 4.69) is 23.3 Å². The molecule has 0 radical (unpaired) electrons. The van der Waals surface area contributed by atoms with Crippen LogP contribution in [0.3, 0.4) is 0 Å². The number of hydrogen-bond donors (Lipinski definition) is 0. The van der Waals surface area contributed by atoms with Crippen LogP contribution < -0.4 is 0 Å². The van der Waals surface area contributed by atoms with Crippen LogP contribution in [0, 0.1) is 0 Å². The highest BCUT2D eigenvalue weighted by molar-refractivity contribution is 5.08. The van der Waals surface area contributed by atoms with Gasteiger partial charge in [-0.3, -0.25) is 0 Å². The molecule has 0 saturated carbocycles. The van der Waals surface area contributed by atoms with Crippen LogP contribution in [0.1, 0.15) is 12.8 Å². The smallest absolute Gasteiger partial charge is 0.190 e. The number of allylic oxidation sites excluding steroid dienone is 3. The Kier molecular flexibility index (Phi) is 2.16. The van der Waals surface area contributed by atoms with Gasteiger partial charge in [0, 0.05) is 6.54 Å². The molecule has 1 unspecified atom stereocenters. The van der Waals surface area contributed by atoms with Crippen molar-refractivity contribution < 1.29 is 4.74 Å². The Hall–Kier alpha value is -1.18. The molecule has 0 spiro atoms. The van der Waals surface area contributed by atoms with Gasteiger partial charge in [-0.2, -0.15) is 0 Å². The molecule has 64 valence electrons. The minimum Gasteiger partial charge on any atom is -0.475 e. The molecule has 0 N–H and O–H groups in total. The van der Waals surface area contributed by atoms with Gasteiger partial charge < -0.3 is 9.64 Å². The molecule has 0 aromatic rings. The predicted molar refractivity (Wildman–Crippen MR) is 48.2 cm³/mol. The van der Waals surface area contributed by atoms with Crippen LogP contribution in [0.2, 0.25) is 0 Å². The van der Waals surface area contributed by atoms with E-state index in [9.17, 15) is 0 Å². The number of hydrogen-bond acceptors (Lipinski definition) is 2. The zero-order valence-electron chi connectivity index (χ0n) is 7.02. The molecule has 0 saturated heterocycles. The Balaban J connectivity index is 1.99. The molecule has 2 aliphatic rings. The lowest BCUT2D eigenvalue weighted by molar-refractivity contribution is 0.0552. The second-order valence-corrected chi connectivity index (χ2v) is 3.00. The fourth-order valence-electron chi connectivity index (χ4n) is 1.45. The van der Waals surface area contributed by atoms with Crippen molar-refractivity contribution in [2.75, 3.05) is 6.54 Å². The maximum atomic E-state index is 5.42. The van der Waals surface area contributed by atoms with E-state index < -0.39 is 0 Å². The van der Waals surface area contributed by atoms with Gasteiger partial charge in [-0.15, -0.1) is 0 Å². The van der Waals surface area contributed by atoms with Crippen molar-refractivity contribution in [2.24, 2.45) is 0 Å². The average molecular weight is 163 g/mol. The molecule has 0 fully saturated rings. The monoisotopic (exact) mass is 163 g/mol. The zero-order chi connectivity index (χ0) is 8.23. The molecule has 0 aromatic heterocycles. The fraction of sp³-hybridized carbons (Fsp3) is 0.400. The molecule has 0 aromatic carbocycles. The number of rotatable bonds is 1. The first-order valence-corrected chi connectivity index (χ1v) is 4.38.